The number of hydrogen-bond donors (Lipinski definition) is 1. The zero-order chi connectivity index (χ0) is 9.84. The van der Waals surface area contributed by atoms with Gasteiger partial charge in [0.15, 0.2) is 5.78 Å². The maximum absolute atomic E-state index is 11.2. The van der Waals surface area contributed by atoms with Crippen molar-refractivity contribution in [3.63, 3.8) is 0 Å². The number of benzene rings is 1. The zero-order valence-electron chi connectivity index (χ0n) is 6.86. The van der Waals surface area contributed by atoms with Gasteiger partial charge in [-0.2, -0.15) is 0 Å². The van der Waals surface area contributed by atoms with E-state index in [1.807, 2.05) is 0 Å². The van der Waals surface area contributed by atoms with E-state index in [9.17, 15) is 9.59 Å². The van der Waals surface area contributed by atoms with Crippen molar-refractivity contribution >= 4 is 23.5 Å². The lowest BCUT2D eigenvalue weighted by Crippen LogP contribution is -2.02. The molecule has 2 nitrogen and oxygen atoms in total. The third-order valence-corrected chi connectivity index (χ3v) is 1.85. The van der Waals surface area contributed by atoms with Gasteiger partial charge >= 0.3 is 0 Å². The summed E-state index contributed by atoms with van der Waals surface area (Å²) in [6, 6.07) is 6.51. The predicted octanol–water partition coefficient (Wildman–Crippen LogP) is 2.13. The number of thiol groups is 1. The summed E-state index contributed by atoms with van der Waals surface area (Å²) in [5, 5.41) is -0.411. The van der Waals surface area contributed by atoms with E-state index in [4.69, 9.17) is 0 Å². The number of ketones is 1. The van der Waals surface area contributed by atoms with Gasteiger partial charge < -0.3 is 0 Å². The largest absolute Gasteiger partial charge is 0.289 e. The molecule has 0 aliphatic carbocycles. The lowest BCUT2D eigenvalue weighted by atomic mass is 10.0. The Balaban J connectivity index is 3.27. The minimum Gasteiger partial charge on any atom is -0.289 e. The van der Waals surface area contributed by atoms with Gasteiger partial charge in [0, 0.05) is 11.1 Å². The average molecular weight is 192 g/mol. The third kappa shape index (κ3) is 2.06. The van der Waals surface area contributed by atoms with E-state index < -0.39 is 5.12 Å². The van der Waals surface area contributed by atoms with Crippen molar-refractivity contribution in [2.24, 2.45) is 0 Å². The minimum absolute atomic E-state index is 0.266. The Morgan fingerprint density at radius 3 is 2.23 bits per heavy atom. The standard InChI is InChI=1S/C10H8O2S/c1-2-9(11)7-5-3-4-6-8(7)10(12)13/h2-6H,1H2,(H,12,13). The molecule has 0 aromatic heterocycles. The monoisotopic (exact) mass is 192 g/mol. The predicted molar refractivity (Wildman–Crippen MR) is 54.3 cm³/mol. The molecule has 3 heteroatoms. The maximum Gasteiger partial charge on any atom is 0.217 e. The van der Waals surface area contributed by atoms with Crippen LogP contribution in [-0.4, -0.2) is 10.9 Å². The minimum atomic E-state index is -0.411. The van der Waals surface area contributed by atoms with Crippen LogP contribution in [0.4, 0.5) is 0 Å². The summed E-state index contributed by atoms with van der Waals surface area (Å²) in [7, 11) is 0. The molecule has 13 heavy (non-hydrogen) atoms. The van der Waals surface area contributed by atoms with Crippen molar-refractivity contribution < 1.29 is 9.59 Å². The van der Waals surface area contributed by atoms with Gasteiger partial charge in [-0.1, -0.05) is 24.8 Å². The second kappa shape index (κ2) is 4.05. The first-order chi connectivity index (χ1) is 6.16. The molecule has 0 saturated carbocycles. The van der Waals surface area contributed by atoms with Gasteiger partial charge in [-0.3, -0.25) is 9.59 Å². The molecule has 0 N–H and O–H groups in total. The molecule has 0 amide bonds. The van der Waals surface area contributed by atoms with Gasteiger partial charge in [-0.25, -0.2) is 0 Å². The Bertz CT molecular complexity index is 369. The molecule has 0 spiro atoms. The van der Waals surface area contributed by atoms with E-state index in [2.05, 4.69) is 19.2 Å². The Labute approximate surface area is 81.7 Å². The van der Waals surface area contributed by atoms with Crippen LogP contribution in [0.15, 0.2) is 36.9 Å². The summed E-state index contributed by atoms with van der Waals surface area (Å²) >= 11 is 3.67. The summed E-state index contributed by atoms with van der Waals surface area (Å²) < 4.78 is 0. The Morgan fingerprint density at radius 2 is 1.77 bits per heavy atom. The number of carbonyl (C=O) groups excluding carboxylic acids is 2. The molecular formula is C10H8O2S. The molecule has 0 bridgehead atoms. The molecule has 0 aliphatic heterocycles. The average Bonchev–Trinajstić information content (AvgIpc) is 2.16. The fourth-order valence-corrected chi connectivity index (χ4v) is 1.19. The summed E-state index contributed by atoms with van der Waals surface area (Å²) in [4.78, 5) is 22.2. The highest BCUT2D eigenvalue weighted by molar-refractivity contribution is 7.97. The number of allylic oxidation sites excluding steroid dienone is 1. The molecule has 66 valence electrons. The first kappa shape index (κ1) is 9.74. The summed E-state index contributed by atoms with van der Waals surface area (Å²) in [5.74, 6) is -0.266. The Hall–Kier alpha value is -1.35. The van der Waals surface area contributed by atoms with Crippen molar-refractivity contribution in [1.82, 2.24) is 0 Å². The lowest BCUT2D eigenvalue weighted by Gasteiger charge is -2.00. The fraction of sp³-hybridized carbons (Fsp3) is 0. The molecule has 0 aliphatic rings. The summed E-state index contributed by atoms with van der Waals surface area (Å²) in [6.45, 7) is 3.35. The second-order valence-electron chi connectivity index (χ2n) is 2.42. The van der Waals surface area contributed by atoms with Crippen LogP contribution >= 0.6 is 12.6 Å². The van der Waals surface area contributed by atoms with Gasteiger partial charge in [0.1, 0.15) is 0 Å². The molecule has 0 fully saturated rings. The van der Waals surface area contributed by atoms with Crippen LogP contribution < -0.4 is 0 Å². The fourth-order valence-electron chi connectivity index (χ4n) is 0.994. The van der Waals surface area contributed by atoms with Crippen LogP contribution in [0, 0.1) is 0 Å². The molecule has 0 unspecified atom stereocenters. The van der Waals surface area contributed by atoms with E-state index >= 15 is 0 Å². The van der Waals surface area contributed by atoms with Crippen LogP contribution in [0.3, 0.4) is 0 Å². The van der Waals surface area contributed by atoms with E-state index in [0.29, 0.717) is 11.1 Å². The first-order valence-electron chi connectivity index (χ1n) is 3.66. The van der Waals surface area contributed by atoms with Crippen molar-refractivity contribution in [3.05, 3.63) is 48.0 Å². The van der Waals surface area contributed by atoms with Crippen LogP contribution in [-0.2, 0) is 0 Å². The van der Waals surface area contributed by atoms with Crippen molar-refractivity contribution in [2.45, 2.75) is 0 Å². The molecule has 0 saturated heterocycles. The molecule has 0 radical (unpaired) electrons. The van der Waals surface area contributed by atoms with E-state index in [1.165, 1.54) is 6.08 Å². The number of hydrogen-bond acceptors (Lipinski definition) is 2. The van der Waals surface area contributed by atoms with Crippen LogP contribution in [0.2, 0.25) is 0 Å². The molecule has 1 rings (SSSR count). The Kier molecular flexibility index (Phi) is 3.03. The van der Waals surface area contributed by atoms with Gasteiger partial charge in [-0.05, 0) is 12.1 Å². The second-order valence-corrected chi connectivity index (χ2v) is 2.83. The Morgan fingerprint density at radius 1 is 1.23 bits per heavy atom. The zero-order valence-corrected chi connectivity index (χ0v) is 7.75. The summed E-state index contributed by atoms with van der Waals surface area (Å²) in [5.41, 5.74) is 0.660. The maximum atomic E-state index is 11.2. The quantitative estimate of drug-likeness (QED) is 0.452. The van der Waals surface area contributed by atoms with Crippen LogP contribution in [0.25, 0.3) is 0 Å². The lowest BCUT2D eigenvalue weighted by molar-refractivity contribution is 0.103. The first-order valence-corrected chi connectivity index (χ1v) is 4.10. The number of rotatable bonds is 3. The van der Waals surface area contributed by atoms with Gasteiger partial charge in [0.2, 0.25) is 5.12 Å². The topological polar surface area (TPSA) is 34.1 Å². The number of carbonyl (C=O) groups is 2. The summed E-state index contributed by atoms with van der Waals surface area (Å²) in [6.07, 6.45) is 1.18. The van der Waals surface area contributed by atoms with E-state index in [1.54, 1.807) is 24.3 Å². The van der Waals surface area contributed by atoms with Crippen molar-refractivity contribution in [3.8, 4) is 0 Å². The molecular weight excluding hydrogens is 184 g/mol. The van der Waals surface area contributed by atoms with E-state index in [0.717, 1.165) is 0 Å². The molecule has 1 aromatic rings. The van der Waals surface area contributed by atoms with Gasteiger partial charge in [0.25, 0.3) is 0 Å². The third-order valence-electron chi connectivity index (χ3n) is 1.61. The molecule has 0 atom stereocenters. The van der Waals surface area contributed by atoms with Gasteiger partial charge in [-0.15, -0.1) is 12.6 Å². The van der Waals surface area contributed by atoms with Crippen LogP contribution in [0.1, 0.15) is 20.7 Å². The molecule has 1 aromatic carbocycles. The van der Waals surface area contributed by atoms with Gasteiger partial charge in [0.05, 0.1) is 0 Å². The smallest absolute Gasteiger partial charge is 0.217 e. The highest BCUT2D eigenvalue weighted by atomic mass is 32.1. The normalized spacial score (nSPS) is 9.31. The van der Waals surface area contributed by atoms with Crippen molar-refractivity contribution in [2.75, 3.05) is 0 Å². The molecule has 0 heterocycles. The SMILES string of the molecule is C=CC(=O)c1ccccc1C(=O)S. The van der Waals surface area contributed by atoms with E-state index in [-0.39, 0.29) is 5.78 Å². The highest BCUT2D eigenvalue weighted by Gasteiger charge is 2.10. The van der Waals surface area contributed by atoms with Crippen molar-refractivity contribution in [1.29, 1.82) is 0 Å². The highest BCUT2D eigenvalue weighted by Crippen LogP contribution is 2.12. The van der Waals surface area contributed by atoms with Crippen LogP contribution in [0.5, 0.6) is 0 Å².